The summed E-state index contributed by atoms with van der Waals surface area (Å²) in [4.78, 5) is 20.7. The molecule has 0 aliphatic carbocycles. The molecule has 0 unspecified atom stereocenters. The largest absolute Gasteiger partial charge is 0.269 e. The van der Waals surface area contributed by atoms with Crippen molar-refractivity contribution in [2.24, 2.45) is 0 Å². The van der Waals surface area contributed by atoms with Crippen LogP contribution in [0.3, 0.4) is 0 Å². The van der Waals surface area contributed by atoms with Crippen molar-refractivity contribution in [1.29, 1.82) is 0 Å². The van der Waals surface area contributed by atoms with Gasteiger partial charge in [-0.3, -0.25) is 10.1 Å². The van der Waals surface area contributed by atoms with Crippen LogP contribution >= 0.6 is 15.9 Å². The van der Waals surface area contributed by atoms with Crippen molar-refractivity contribution in [3.8, 4) is 0 Å². The molecule has 2 aromatic rings. The Balaban J connectivity index is 0.000000437. The molecule has 0 N–H and O–H groups in total. The van der Waals surface area contributed by atoms with E-state index < -0.39 is 23.3 Å². The van der Waals surface area contributed by atoms with Crippen LogP contribution in [0.25, 0.3) is 0 Å². The number of nitro benzene ring substituents is 2. The topological polar surface area (TPSA) is 86.3 Å². The van der Waals surface area contributed by atoms with Crippen LogP contribution in [0.2, 0.25) is 13.3 Å². The number of benzene rings is 2. The second kappa shape index (κ2) is 17.0. The van der Waals surface area contributed by atoms with Gasteiger partial charge in [0.2, 0.25) is 0 Å². The number of non-ortho nitro benzene ring substituents is 2. The Morgan fingerprint density at radius 1 is 0.735 bits per heavy atom. The first-order chi connectivity index (χ1) is 16.3. The van der Waals surface area contributed by atoms with E-state index in [0.29, 0.717) is 5.33 Å². The van der Waals surface area contributed by atoms with Gasteiger partial charge in [0.1, 0.15) is 0 Å². The van der Waals surface area contributed by atoms with E-state index >= 15 is 0 Å². The summed E-state index contributed by atoms with van der Waals surface area (Å²) in [6.45, 7) is 6.84. The molecule has 0 bridgehead atoms. The number of unbranched alkanes of at least 4 members (excludes halogenated alkanes) is 3. The number of halogens is 1. The Hall–Kier alpha value is -1.48. The predicted molar refractivity (Wildman–Crippen MR) is 147 cm³/mol. The molecule has 0 atom stereocenters. The molecule has 6 nitrogen and oxygen atoms in total. The van der Waals surface area contributed by atoms with Crippen molar-refractivity contribution in [2.75, 3.05) is 0 Å². The molecule has 0 saturated carbocycles. The average molecular weight is 642 g/mol. The van der Waals surface area contributed by atoms with Crippen LogP contribution in [-0.4, -0.2) is 28.2 Å². The van der Waals surface area contributed by atoms with Crippen molar-refractivity contribution in [3.63, 3.8) is 0 Å². The molecule has 0 spiro atoms. The van der Waals surface area contributed by atoms with Gasteiger partial charge in [-0.25, -0.2) is 0 Å². The molecule has 0 aliphatic rings. The van der Waals surface area contributed by atoms with E-state index in [4.69, 9.17) is 0 Å². The summed E-state index contributed by atoms with van der Waals surface area (Å²) in [5, 5.41) is 22.0. The molecule has 0 aromatic heterocycles. The molecule has 188 valence electrons. The first-order valence-corrected chi connectivity index (χ1v) is 21.5. The fourth-order valence-electron chi connectivity index (χ4n) is 4.26. The van der Waals surface area contributed by atoms with E-state index in [9.17, 15) is 20.2 Å². The molecule has 0 amide bonds. The van der Waals surface area contributed by atoms with Crippen LogP contribution in [0.4, 0.5) is 11.4 Å². The van der Waals surface area contributed by atoms with Gasteiger partial charge in [0.25, 0.3) is 5.69 Å². The third kappa shape index (κ3) is 11.3. The first kappa shape index (κ1) is 30.5. The van der Waals surface area contributed by atoms with E-state index in [1.54, 1.807) is 18.2 Å². The molecule has 0 radical (unpaired) electrons. The molecule has 34 heavy (non-hydrogen) atoms. The summed E-state index contributed by atoms with van der Waals surface area (Å²) in [6, 6.07) is 14.0. The van der Waals surface area contributed by atoms with Crippen LogP contribution in [0.5, 0.6) is 0 Å². The van der Waals surface area contributed by atoms with Crippen LogP contribution in [-0.2, 0) is 9.77 Å². The summed E-state index contributed by atoms with van der Waals surface area (Å²) in [5.41, 5.74) is 2.53. The predicted octanol–water partition coefficient (Wildman–Crippen LogP) is 9.02. The number of nitro groups is 2. The second-order valence-corrected chi connectivity index (χ2v) is 23.4. The molecule has 0 aliphatic heterocycles. The fraction of sp³-hybridized carbons (Fsp3) is 0.538. The molecular formula is C26H39BrN2O4Sn. The quantitative estimate of drug-likeness (QED) is 0.0891. The minimum atomic E-state index is -2.25. The maximum atomic E-state index is 11.1. The molecule has 8 heteroatoms. The molecule has 0 fully saturated rings. The zero-order valence-corrected chi connectivity index (χ0v) is 25.2. The standard InChI is InChI=1S/C7H6BrNO2.C7H6NO2.3C4H9.Sn/c8-5-6-2-1-3-7(4-6)9(10)11;1-6-3-2-4-7(5-6)8(9)10;3*1-3-4-2;/h1-4H,5H2;2-5H,1H2;3*1,3-4H2,2H3;. The van der Waals surface area contributed by atoms with Crippen molar-refractivity contribution < 1.29 is 9.85 Å². The third-order valence-electron chi connectivity index (χ3n) is 6.16. The van der Waals surface area contributed by atoms with Crippen molar-refractivity contribution in [1.82, 2.24) is 0 Å². The number of rotatable bonds is 14. The smallest absolute Gasteiger partial charge is 0.258 e. The van der Waals surface area contributed by atoms with E-state index in [-0.39, 0.29) is 16.3 Å². The maximum Gasteiger partial charge on any atom is 0.269 e. The van der Waals surface area contributed by atoms with E-state index in [1.807, 2.05) is 18.2 Å². The van der Waals surface area contributed by atoms with Gasteiger partial charge < -0.3 is 0 Å². The summed E-state index contributed by atoms with van der Waals surface area (Å²) in [5.74, 6) is 0. The van der Waals surface area contributed by atoms with Gasteiger partial charge in [-0.15, -0.1) is 0 Å². The summed E-state index contributed by atoms with van der Waals surface area (Å²) in [7, 11) is 0. The van der Waals surface area contributed by atoms with Gasteiger partial charge in [-0.2, -0.15) is 0 Å². The van der Waals surface area contributed by atoms with Crippen molar-refractivity contribution >= 4 is 45.7 Å². The van der Waals surface area contributed by atoms with Crippen LogP contribution in [0, 0.1) is 20.2 Å². The molecule has 0 saturated heterocycles. The van der Waals surface area contributed by atoms with Crippen LogP contribution < -0.4 is 0 Å². The fourth-order valence-corrected chi connectivity index (χ4v) is 20.8. The van der Waals surface area contributed by atoms with E-state index in [2.05, 4.69) is 42.8 Å². The zero-order valence-electron chi connectivity index (χ0n) is 20.8. The Morgan fingerprint density at radius 3 is 1.53 bits per heavy atom. The maximum absolute atomic E-state index is 11.1. The normalized spacial score (nSPS) is 10.9. The van der Waals surface area contributed by atoms with Crippen molar-refractivity contribution in [2.45, 2.75) is 82.4 Å². The summed E-state index contributed by atoms with van der Waals surface area (Å²) < 4.78 is 5.55. The minimum absolute atomic E-state index is 0.141. The average Bonchev–Trinajstić information content (AvgIpc) is 2.85. The number of nitrogens with zero attached hydrogens (tertiary/aromatic N) is 2. The number of hydrogen-bond acceptors (Lipinski definition) is 4. The molecule has 0 heterocycles. The zero-order chi connectivity index (χ0) is 25.4. The minimum Gasteiger partial charge on any atom is -0.258 e. The van der Waals surface area contributed by atoms with Gasteiger partial charge in [0.15, 0.2) is 0 Å². The Labute approximate surface area is 216 Å². The Bertz CT molecular complexity index is 873. The Kier molecular flexibility index (Phi) is 15.3. The van der Waals surface area contributed by atoms with Gasteiger partial charge in [-0.05, 0) is 5.56 Å². The monoisotopic (exact) mass is 642 g/mol. The third-order valence-corrected chi connectivity index (χ3v) is 22.2. The summed E-state index contributed by atoms with van der Waals surface area (Å²) in [6.07, 6.45) is 7.85. The van der Waals surface area contributed by atoms with Gasteiger partial charge in [0, 0.05) is 17.5 Å². The van der Waals surface area contributed by atoms with Crippen LogP contribution in [0.1, 0.15) is 70.4 Å². The SMILES string of the molecule is CCC[CH2][Sn]([CH2]CCC)([CH2]CCC)[CH2]c1cccc([N+](=O)[O-])c1.O=[N+]([O-])c1cccc(CBr)c1. The molecular weight excluding hydrogens is 603 g/mol. The van der Waals surface area contributed by atoms with Gasteiger partial charge >= 0.3 is 146 Å². The first-order valence-electron chi connectivity index (χ1n) is 12.3. The van der Waals surface area contributed by atoms with Gasteiger partial charge in [0.05, 0.1) is 4.92 Å². The Morgan fingerprint density at radius 2 is 1.15 bits per heavy atom. The number of hydrogen-bond donors (Lipinski definition) is 0. The van der Waals surface area contributed by atoms with Gasteiger partial charge in [-0.1, -0.05) is 28.1 Å². The molecule has 2 aromatic carbocycles. The van der Waals surface area contributed by atoms with E-state index in [0.717, 1.165) is 5.56 Å². The van der Waals surface area contributed by atoms with Crippen LogP contribution in [0.15, 0.2) is 48.5 Å². The van der Waals surface area contributed by atoms with Crippen molar-refractivity contribution in [3.05, 3.63) is 79.9 Å². The molecule has 2 rings (SSSR count). The number of alkyl halides is 1. The second-order valence-electron chi connectivity index (χ2n) is 8.98. The summed E-state index contributed by atoms with van der Waals surface area (Å²) >= 11 is 0.970. The van der Waals surface area contributed by atoms with E-state index in [1.165, 1.54) is 67.9 Å².